The molecule has 0 atom stereocenters. The molecule has 158 valence electrons. The van der Waals surface area contributed by atoms with Crippen molar-refractivity contribution >= 4 is 39.6 Å². The van der Waals surface area contributed by atoms with Crippen LogP contribution in [0.15, 0.2) is 34.3 Å². The average molecular weight is 472 g/mol. The maximum absolute atomic E-state index is 12.3. The van der Waals surface area contributed by atoms with Gasteiger partial charge >= 0.3 is 5.97 Å². The molecule has 0 unspecified atom stereocenters. The Morgan fingerprint density at radius 2 is 1.97 bits per heavy atom. The van der Waals surface area contributed by atoms with Gasteiger partial charge in [0.25, 0.3) is 5.91 Å². The lowest BCUT2D eigenvalue weighted by Crippen LogP contribution is -2.21. The molecule has 0 saturated heterocycles. The number of nitriles is 1. The monoisotopic (exact) mass is 471 g/mol. The zero-order chi connectivity index (χ0) is 22.4. The van der Waals surface area contributed by atoms with Gasteiger partial charge < -0.3 is 14.6 Å². The molecule has 0 aliphatic carbocycles. The Morgan fingerprint density at radius 1 is 1.27 bits per heavy atom. The summed E-state index contributed by atoms with van der Waals surface area (Å²) >= 11 is 3.38. The predicted octanol–water partition coefficient (Wildman–Crippen LogP) is 4.92. The van der Waals surface area contributed by atoms with Crippen LogP contribution in [0.3, 0.4) is 0 Å². The molecule has 1 aromatic carbocycles. The van der Waals surface area contributed by atoms with Gasteiger partial charge in [0.1, 0.15) is 11.6 Å². The van der Waals surface area contributed by atoms with Crippen LogP contribution in [0, 0.1) is 38.0 Å². The van der Waals surface area contributed by atoms with E-state index in [4.69, 9.17) is 4.74 Å². The Hall–Kier alpha value is -2.85. The van der Waals surface area contributed by atoms with Gasteiger partial charge in [0, 0.05) is 22.4 Å². The van der Waals surface area contributed by atoms with Gasteiger partial charge in [-0.25, -0.2) is 4.79 Å². The molecular weight excluding hydrogens is 446 g/mol. The summed E-state index contributed by atoms with van der Waals surface area (Å²) in [4.78, 5) is 24.4. The van der Waals surface area contributed by atoms with E-state index in [0.717, 1.165) is 33.5 Å². The lowest BCUT2D eigenvalue weighted by Gasteiger charge is -2.12. The number of benzene rings is 1. The van der Waals surface area contributed by atoms with Crippen LogP contribution in [0.5, 0.6) is 0 Å². The Labute approximate surface area is 185 Å². The Morgan fingerprint density at radius 3 is 2.57 bits per heavy atom. The molecule has 0 spiro atoms. The van der Waals surface area contributed by atoms with E-state index in [0.29, 0.717) is 11.6 Å². The van der Waals surface area contributed by atoms with E-state index in [1.54, 1.807) is 6.07 Å². The summed E-state index contributed by atoms with van der Waals surface area (Å²) in [6.45, 7) is 10.5. The third kappa shape index (κ3) is 6.07. The first-order valence-electron chi connectivity index (χ1n) is 9.64. The molecule has 0 saturated carbocycles. The van der Waals surface area contributed by atoms with Crippen LogP contribution in [0.4, 0.5) is 5.69 Å². The predicted molar refractivity (Wildman–Crippen MR) is 121 cm³/mol. The summed E-state index contributed by atoms with van der Waals surface area (Å²) in [6, 6.07) is 9.29. The summed E-state index contributed by atoms with van der Waals surface area (Å²) < 4.78 is 7.93. The third-order valence-corrected chi connectivity index (χ3v) is 5.19. The molecule has 7 heteroatoms. The first-order valence-corrected chi connectivity index (χ1v) is 10.4. The highest BCUT2D eigenvalue weighted by molar-refractivity contribution is 9.10. The molecule has 30 heavy (non-hydrogen) atoms. The van der Waals surface area contributed by atoms with E-state index in [9.17, 15) is 14.9 Å². The van der Waals surface area contributed by atoms with Gasteiger partial charge in [-0.3, -0.25) is 4.79 Å². The van der Waals surface area contributed by atoms with Crippen LogP contribution in [0.25, 0.3) is 6.08 Å². The molecule has 1 aromatic heterocycles. The van der Waals surface area contributed by atoms with E-state index < -0.39 is 18.5 Å². The van der Waals surface area contributed by atoms with Crippen molar-refractivity contribution in [1.82, 2.24) is 4.57 Å². The Kier molecular flexibility index (Phi) is 8.01. The minimum atomic E-state index is -0.829. The number of hydrogen-bond acceptors (Lipinski definition) is 4. The second kappa shape index (κ2) is 10.3. The zero-order valence-electron chi connectivity index (χ0n) is 17.9. The SMILES string of the molecule is Cc1ccc(NC(=O)COC(=O)/C(C#N)=C/c2cc(C)n(CC(C)C)c2C)c(Br)c1. The fourth-order valence-electron chi connectivity index (χ4n) is 3.03. The van der Waals surface area contributed by atoms with E-state index >= 15 is 0 Å². The fourth-order valence-corrected chi connectivity index (χ4v) is 3.62. The number of carbonyl (C=O) groups excluding carboxylic acids is 2. The van der Waals surface area contributed by atoms with Gasteiger partial charge in [0.15, 0.2) is 6.61 Å². The summed E-state index contributed by atoms with van der Waals surface area (Å²) in [5.74, 6) is -0.844. The van der Waals surface area contributed by atoms with Gasteiger partial charge in [-0.2, -0.15) is 5.26 Å². The lowest BCUT2D eigenvalue weighted by atomic mass is 10.1. The number of carbonyl (C=O) groups is 2. The third-order valence-electron chi connectivity index (χ3n) is 4.53. The van der Waals surface area contributed by atoms with Crippen molar-refractivity contribution in [3.8, 4) is 6.07 Å². The van der Waals surface area contributed by atoms with Gasteiger partial charge in [-0.1, -0.05) is 19.9 Å². The Balaban J connectivity index is 2.06. The number of ether oxygens (including phenoxy) is 1. The highest BCUT2D eigenvalue weighted by Gasteiger charge is 2.16. The molecule has 1 heterocycles. The highest BCUT2D eigenvalue weighted by atomic mass is 79.9. The van der Waals surface area contributed by atoms with Crippen molar-refractivity contribution in [3.63, 3.8) is 0 Å². The molecular formula is C23H26BrN3O3. The van der Waals surface area contributed by atoms with Crippen LogP contribution in [0.2, 0.25) is 0 Å². The minimum absolute atomic E-state index is 0.149. The van der Waals surface area contributed by atoms with Gasteiger partial charge in [0.05, 0.1) is 5.69 Å². The highest BCUT2D eigenvalue weighted by Crippen LogP contribution is 2.23. The number of hydrogen-bond donors (Lipinski definition) is 1. The number of nitrogens with zero attached hydrogens (tertiary/aromatic N) is 2. The number of nitrogens with one attached hydrogen (secondary N) is 1. The molecule has 0 aliphatic rings. The van der Waals surface area contributed by atoms with E-state index in [1.807, 2.05) is 45.0 Å². The molecule has 1 N–H and O–H groups in total. The number of halogens is 1. The largest absolute Gasteiger partial charge is 0.451 e. The lowest BCUT2D eigenvalue weighted by molar-refractivity contribution is -0.142. The van der Waals surface area contributed by atoms with Crippen molar-refractivity contribution in [2.24, 2.45) is 5.92 Å². The van der Waals surface area contributed by atoms with E-state index in [2.05, 4.69) is 39.7 Å². The number of aryl methyl sites for hydroxylation is 2. The van der Waals surface area contributed by atoms with Crippen molar-refractivity contribution < 1.29 is 14.3 Å². The molecule has 0 fully saturated rings. The van der Waals surface area contributed by atoms with Crippen LogP contribution < -0.4 is 5.32 Å². The van der Waals surface area contributed by atoms with E-state index in [1.165, 1.54) is 6.08 Å². The molecule has 0 bridgehead atoms. The molecule has 2 rings (SSSR count). The molecule has 0 radical (unpaired) electrons. The van der Waals surface area contributed by atoms with Crippen LogP contribution >= 0.6 is 15.9 Å². The number of rotatable bonds is 7. The summed E-state index contributed by atoms with van der Waals surface area (Å²) in [6.07, 6.45) is 1.51. The number of anilines is 1. The summed E-state index contributed by atoms with van der Waals surface area (Å²) in [7, 11) is 0. The Bertz CT molecular complexity index is 1030. The smallest absolute Gasteiger partial charge is 0.349 e. The molecule has 2 aromatic rings. The van der Waals surface area contributed by atoms with Crippen LogP contribution in [0.1, 0.15) is 36.4 Å². The maximum atomic E-state index is 12.3. The molecule has 0 aliphatic heterocycles. The van der Waals surface area contributed by atoms with Gasteiger partial charge in [-0.15, -0.1) is 0 Å². The number of esters is 1. The first-order chi connectivity index (χ1) is 14.1. The van der Waals surface area contributed by atoms with Crippen LogP contribution in [-0.2, 0) is 20.9 Å². The number of amides is 1. The standard InChI is InChI=1S/C23H26BrN3O3/c1-14(2)12-27-16(4)9-18(17(27)5)10-19(11-25)23(29)30-13-22(28)26-21-7-6-15(3)8-20(21)24/h6-10,14H,12-13H2,1-5H3,(H,26,28)/b19-10+. The first kappa shape index (κ1) is 23.4. The van der Waals surface area contributed by atoms with Crippen molar-refractivity contribution in [2.45, 2.75) is 41.2 Å². The van der Waals surface area contributed by atoms with Crippen molar-refractivity contribution in [3.05, 3.63) is 56.8 Å². The van der Waals surface area contributed by atoms with Crippen molar-refractivity contribution in [1.29, 1.82) is 5.26 Å². The topological polar surface area (TPSA) is 84.1 Å². The fraction of sp³-hybridized carbons (Fsp3) is 0.348. The summed E-state index contributed by atoms with van der Waals surface area (Å²) in [5.41, 5.74) is 4.29. The minimum Gasteiger partial charge on any atom is -0.451 e. The van der Waals surface area contributed by atoms with Crippen molar-refractivity contribution in [2.75, 3.05) is 11.9 Å². The average Bonchev–Trinajstić information content (AvgIpc) is 2.93. The summed E-state index contributed by atoms with van der Waals surface area (Å²) in [5, 5.41) is 12.1. The van der Waals surface area contributed by atoms with Gasteiger partial charge in [0.2, 0.25) is 0 Å². The normalized spacial score (nSPS) is 11.3. The second-order valence-electron chi connectivity index (χ2n) is 7.61. The maximum Gasteiger partial charge on any atom is 0.349 e. The molecule has 1 amide bonds. The van der Waals surface area contributed by atoms with Gasteiger partial charge in [-0.05, 0) is 78.0 Å². The quantitative estimate of drug-likeness (QED) is 0.352. The number of aromatic nitrogens is 1. The second-order valence-corrected chi connectivity index (χ2v) is 8.46. The van der Waals surface area contributed by atoms with Crippen LogP contribution in [-0.4, -0.2) is 23.1 Å². The van der Waals surface area contributed by atoms with E-state index in [-0.39, 0.29) is 5.57 Å². The zero-order valence-corrected chi connectivity index (χ0v) is 19.5. The molecule has 6 nitrogen and oxygen atoms in total.